The van der Waals surface area contributed by atoms with E-state index in [1.807, 2.05) is 0 Å². The molecule has 1 heterocycles. The van der Waals surface area contributed by atoms with Crippen molar-refractivity contribution in [3.63, 3.8) is 0 Å². The summed E-state index contributed by atoms with van der Waals surface area (Å²) < 4.78 is 3.38. The molecule has 16 heavy (non-hydrogen) atoms. The van der Waals surface area contributed by atoms with Gasteiger partial charge in [-0.2, -0.15) is 0 Å². The fourth-order valence-corrected chi connectivity index (χ4v) is 2.26. The molecule has 0 radical (unpaired) electrons. The van der Waals surface area contributed by atoms with E-state index in [1.54, 1.807) is 0 Å². The Morgan fingerprint density at radius 1 is 1.12 bits per heavy atom. The van der Waals surface area contributed by atoms with Gasteiger partial charge in [-0.15, -0.1) is 0 Å². The summed E-state index contributed by atoms with van der Waals surface area (Å²) in [4.78, 5) is 0. The Morgan fingerprint density at radius 3 is 2.62 bits per heavy atom. The van der Waals surface area contributed by atoms with E-state index in [1.165, 1.54) is 11.1 Å². The standard InChI is InChI=1S/C14H16BrN/c1-2-16-9-8-13(11-16)7-6-12-4-3-5-14(15)10-12/h3-5,8-11H,2,6-7H2,1H3. The lowest BCUT2D eigenvalue weighted by Gasteiger charge is -2.00. The summed E-state index contributed by atoms with van der Waals surface area (Å²) in [6.07, 6.45) is 6.60. The van der Waals surface area contributed by atoms with Crippen LogP contribution in [-0.2, 0) is 19.4 Å². The van der Waals surface area contributed by atoms with Crippen LogP contribution in [0.2, 0.25) is 0 Å². The van der Waals surface area contributed by atoms with E-state index in [-0.39, 0.29) is 0 Å². The topological polar surface area (TPSA) is 4.93 Å². The Kier molecular flexibility index (Phi) is 3.83. The van der Waals surface area contributed by atoms with E-state index in [9.17, 15) is 0 Å². The number of halogens is 1. The van der Waals surface area contributed by atoms with Gasteiger partial charge in [-0.3, -0.25) is 0 Å². The van der Waals surface area contributed by atoms with Gasteiger partial charge in [0.2, 0.25) is 0 Å². The van der Waals surface area contributed by atoms with Crippen LogP contribution in [0, 0.1) is 0 Å². The van der Waals surface area contributed by atoms with Crippen LogP contribution in [0.5, 0.6) is 0 Å². The van der Waals surface area contributed by atoms with Gasteiger partial charge in [0.1, 0.15) is 0 Å². The van der Waals surface area contributed by atoms with E-state index in [0.29, 0.717) is 0 Å². The maximum absolute atomic E-state index is 3.50. The SMILES string of the molecule is CCn1ccc(CCc2cccc(Br)c2)c1. The molecule has 0 N–H and O–H groups in total. The molecule has 0 saturated carbocycles. The van der Waals surface area contributed by atoms with Gasteiger partial charge < -0.3 is 4.57 Å². The summed E-state index contributed by atoms with van der Waals surface area (Å²) in [5.74, 6) is 0. The summed E-state index contributed by atoms with van der Waals surface area (Å²) in [7, 11) is 0. The summed E-state index contributed by atoms with van der Waals surface area (Å²) in [6, 6.07) is 10.7. The van der Waals surface area contributed by atoms with Crippen LogP contribution in [0.3, 0.4) is 0 Å². The highest BCUT2D eigenvalue weighted by molar-refractivity contribution is 9.10. The first-order chi connectivity index (χ1) is 7.78. The lowest BCUT2D eigenvalue weighted by atomic mass is 10.1. The Balaban J connectivity index is 1.96. The zero-order valence-electron chi connectivity index (χ0n) is 9.49. The van der Waals surface area contributed by atoms with Gasteiger partial charge in [-0.25, -0.2) is 0 Å². The fraction of sp³-hybridized carbons (Fsp3) is 0.286. The molecule has 0 bridgehead atoms. The van der Waals surface area contributed by atoms with E-state index < -0.39 is 0 Å². The molecule has 2 aromatic rings. The predicted molar refractivity (Wildman–Crippen MR) is 71.7 cm³/mol. The molecule has 0 aliphatic carbocycles. The molecular formula is C14H16BrN. The monoisotopic (exact) mass is 277 g/mol. The summed E-state index contributed by atoms with van der Waals surface area (Å²) in [6.45, 7) is 3.22. The minimum atomic E-state index is 1.05. The Hall–Kier alpha value is -1.02. The largest absolute Gasteiger partial charge is 0.354 e. The molecule has 2 heteroatoms. The molecular weight excluding hydrogens is 262 g/mol. The molecule has 0 atom stereocenters. The van der Waals surface area contributed by atoms with E-state index in [0.717, 1.165) is 23.9 Å². The van der Waals surface area contributed by atoms with Crippen LogP contribution in [0.25, 0.3) is 0 Å². The molecule has 0 saturated heterocycles. The second-order valence-electron chi connectivity index (χ2n) is 3.98. The van der Waals surface area contributed by atoms with Gasteiger partial charge in [0.25, 0.3) is 0 Å². The fourth-order valence-electron chi connectivity index (χ4n) is 1.82. The van der Waals surface area contributed by atoms with Crippen molar-refractivity contribution in [2.75, 3.05) is 0 Å². The molecule has 0 amide bonds. The zero-order chi connectivity index (χ0) is 11.4. The van der Waals surface area contributed by atoms with Crippen LogP contribution in [0.4, 0.5) is 0 Å². The molecule has 0 fully saturated rings. The van der Waals surface area contributed by atoms with Crippen LogP contribution < -0.4 is 0 Å². The molecule has 0 aliphatic rings. The van der Waals surface area contributed by atoms with Crippen LogP contribution in [0.1, 0.15) is 18.1 Å². The second kappa shape index (κ2) is 5.35. The van der Waals surface area contributed by atoms with Gasteiger partial charge in [-0.05, 0) is 49.1 Å². The third-order valence-electron chi connectivity index (χ3n) is 2.77. The number of rotatable bonds is 4. The van der Waals surface area contributed by atoms with Crippen LogP contribution in [-0.4, -0.2) is 4.57 Å². The number of hydrogen-bond acceptors (Lipinski definition) is 0. The van der Waals surface area contributed by atoms with Gasteiger partial charge in [0.15, 0.2) is 0 Å². The first-order valence-corrected chi connectivity index (χ1v) is 6.46. The van der Waals surface area contributed by atoms with Gasteiger partial charge >= 0.3 is 0 Å². The number of hydrogen-bond donors (Lipinski definition) is 0. The number of aromatic nitrogens is 1. The highest BCUT2D eigenvalue weighted by atomic mass is 79.9. The average Bonchev–Trinajstić information content (AvgIpc) is 2.74. The van der Waals surface area contributed by atoms with Gasteiger partial charge in [-0.1, -0.05) is 28.1 Å². The molecule has 0 spiro atoms. The van der Waals surface area contributed by atoms with E-state index in [4.69, 9.17) is 0 Å². The summed E-state index contributed by atoms with van der Waals surface area (Å²) in [5.41, 5.74) is 2.81. The predicted octanol–water partition coefficient (Wildman–Crippen LogP) is 4.06. The zero-order valence-corrected chi connectivity index (χ0v) is 11.1. The minimum absolute atomic E-state index is 1.05. The maximum atomic E-state index is 3.50. The van der Waals surface area contributed by atoms with Crippen molar-refractivity contribution in [3.05, 3.63) is 58.3 Å². The van der Waals surface area contributed by atoms with Crippen molar-refractivity contribution >= 4 is 15.9 Å². The molecule has 0 aliphatic heterocycles. The van der Waals surface area contributed by atoms with Crippen LogP contribution in [0.15, 0.2) is 47.2 Å². The smallest absolute Gasteiger partial charge is 0.0191 e. The summed E-state index contributed by atoms with van der Waals surface area (Å²) in [5, 5.41) is 0. The molecule has 0 unspecified atom stereocenters. The third kappa shape index (κ3) is 2.99. The van der Waals surface area contributed by atoms with Crippen molar-refractivity contribution in [2.24, 2.45) is 0 Å². The Labute approximate surface area is 105 Å². The normalized spacial score (nSPS) is 10.6. The van der Waals surface area contributed by atoms with Gasteiger partial charge in [0, 0.05) is 23.4 Å². The van der Waals surface area contributed by atoms with Crippen molar-refractivity contribution in [1.29, 1.82) is 0 Å². The quantitative estimate of drug-likeness (QED) is 0.795. The number of benzene rings is 1. The highest BCUT2D eigenvalue weighted by Gasteiger charge is 1.98. The van der Waals surface area contributed by atoms with Gasteiger partial charge in [0.05, 0.1) is 0 Å². The average molecular weight is 278 g/mol. The molecule has 84 valence electrons. The lowest BCUT2D eigenvalue weighted by Crippen LogP contribution is -1.91. The lowest BCUT2D eigenvalue weighted by molar-refractivity contribution is 0.764. The molecule has 1 aromatic carbocycles. The molecule has 2 rings (SSSR count). The Bertz CT molecular complexity index is 459. The maximum Gasteiger partial charge on any atom is 0.0191 e. The third-order valence-corrected chi connectivity index (χ3v) is 3.26. The first-order valence-electron chi connectivity index (χ1n) is 5.67. The molecule has 1 nitrogen and oxygen atoms in total. The van der Waals surface area contributed by atoms with E-state index in [2.05, 4.69) is 70.1 Å². The summed E-state index contributed by atoms with van der Waals surface area (Å²) >= 11 is 3.50. The van der Waals surface area contributed by atoms with E-state index >= 15 is 0 Å². The molecule has 1 aromatic heterocycles. The number of aryl methyl sites for hydroxylation is 3. The first kappa shape index (κ1) is 11.5. The highest BCUT2D eigenvalue weighted by Crippen LogP contribution is 2.14. The second-order valence-corrected chi connectivity index (χ2v) is 4.90. The van der Waals surface area contributed by atoms with Crippen molar-refractivity contribution in [1.82, 2.24) is 4.57 Å². The van der Waals surface area contributed by atoms with Crippen molar-refractivity contribution < 1.29 is 0 Å². The number of nitrogens with zero attached hydrogens (tertiary/aromatic N) is 1. The van der Waals surface area contributed by atoms with Crippen molar-refractivity contribution in [2.45, 2.75) is 26.3 Å². The van der Waals surface area contributed by atoms with Crippen molar-refractivity contribution in [3.8, 4) is 0 Å². The Morgan fingerprint density at radius 2 is 1.94 bits per heavy atom. The van der Waals surface area contributed by atoms with Crippen LogP contribution >= 0.6 is 15.9 Å². The minimum Gasteiger partial charge on any atom is -0.354 e.